The number of hydrogen-bond donors (Lipinski definition) is 2. The Bertz CT molecular complexity index is 970. The first kappa shape index (κ1) is 19.5. The largest absolute Gasteiger partial charge is 0.383 e. The number of carbonyl (C=O) groups is 2. The number of nitrogens with one attached hydrogen (secondary N) is 2. The summed E-state index contributed by atoms with van der Waals surface area (Å²) in [6, 6.07) is 9.17. The average Bonchev–Trinajstić information content (AvgIpc) is 2.76. The molecular formula is C23H28N4O2. The van der Waals surface area contributed by atoms with Crippen molar-refractivity contribution >= 4 is 28.6 Å². The summed E-state index contributed by atoms with van der Waals surface area (Å²) in [5, 5.41) is 6.84. The first-order chi connectivity index (χ1) is 14.1. The smallest absolute Gasteiger partial charge is 0.196 e. The molecule has 0 bridgehead atoms. The molecule has 0 atom stereocenters. The second-order valence-corrected chi connectivity index (χ2v) is 7.60. The van der Waals surface area contributed by atoms with Crippen LogP contribution in [-0.4, -0.2) is 62.8 Å². The van der Waals surface area contributed by atoms with Gasteiger partial charge in [-0.25, -0.2) is 0 Å². The fourth-order valence-corrected chi connectivity index (χ4v) is 4.15. The van der Waals surface area contributed by atoms with Gasteiger partial charge in [-0.1, -0.05) is 31.2 Å². The van der Waals surface area contributed by atoms with Gasteiger partial charge < -0.3 is 20.4 Å². The Balaban J connectivity index is 1.86. The molecule has 1 aliphatic heterocycles. The first-order valence-electron chi connectivity index (χ1n) is 10.4. The Morgan fingerprint density at radius 3 is 2.45 bits per heavy atom. The van der Waals surface area contributed by atoms with Crippen molar-refractivity contribution in [1.82, 2.24) is 4.90 Å². The highest BCUT2D eigenvalue weighted by molar-refractivity contribution is 6.32. The van der Waals surface area contributed by atoms with Crippen molar-refractivity contribution in [1.29, 1.82) is 0 Å². The predicted molar refractivity (Wildman–Crippen MR) is 118 cm³/mol. The van der Waals surface area contributed by atoms with Crippen molar-refractivity contribution in [3.05, 3.63) is 52.6 Å². The molecule has 0 amide bonds. The summed E-state index contributed by atoms with van der Waals surface area (Å²) in [5.74, 6) is -0.161. The summed E-state index contributed by atoms with van der Waals surface area (Å²) in [4.78, 5) is 31.3. The van der Waals surface area contributed by atoms with E-state index in [0.717, 1.165) is 49.8 Å². The molecule has 6 heteroatoms. The standard InChI is InChI=1S/C23H28N4O2/c1-4-26(3)12-10-24-17-14-18-21(25-11-13-27(18)5-2)20-19(17)22(28)15-8-6-7-9-16(15)23(20)29/h6-9,14,24-25H,4-5,10-13H2,1-3H3. The number of anilines is 3. The molecule has 0 aromatic heterocycles. The predicted octanol–water partition coefficient (Wildman–Crippen LogP) is 3.08. The van der Waals surface area contributed by atoms with Gasteiger partial charge >= 0.3 is 0 Å². The summed E-state index contributed by atoms with van der Waals surface area (Å²) in [6.07, 6.45) is 0. The molecule has 0 saturated carbocycles. The van der Waals surface area contributed by atoms with E-state index in [-0.39, 0.29) is 11.6 Å². The molecule has 6 nitrogen and oxygen atoms in total. The van der Waals surface area contributed by atoms with Crippen LogP contribution in [0, 0.1) is 0 Å². The van der Waals surface area contributed by atoms with Gasteiger partial charge in [0.1, 0.15) is 0 Å². The van der Waals surface area contributed by atoms with Crippen LogP contribution in [0.25, 0.3) is 0 Å². The maximum Gasteiger partial charge on any atom is 0.196 e. The highest BCUT2D eigenvalue weighted by Gasteiger charge is 2.36. The van der Waals surface area contributed by atoms with Crippen molar-refractivity contribution in [2.24, 2.45) is 0 Å². The Labute approximate surface area is 171 Å². The van der Waals surface area contributed by atoms with Crippen LogP contribution >= 0.6 is 0 Å². The number of hydrogen-bond acceptors (Lipinski definition) is 6. The van der Waals surface area contributed by atoms with E-state index >= 15 is 0 Å². The second kappa shape index (κ2) is 7.87. The molecule has 2 N–H and O–H groups in total. The Kier molecular flexibility index (Phi) is 5.28. The van der Waals surface area contributed by atoms with Gasteiger partial charge in [0.25, 0.3) is 0 Å². The molecule has 2 aliphatic rings. The molecule has 29 heavy (non-hydrogen) atoms. The van der Waals surface area contributed by atoms with Crippen LogP contribution in [0.1, 0.15) is 45.7 Å². The van der Waals surface area contributed by atoms with E-state index in [2.05, 4.69) is 41.3 Å². The van der Waals surface area contributed by atoms with E-state index in [1.807, 2.05) is 18.2 Å². The van der Waals surface area contributed by atoms with E-state index < -0.39 is 0 Å². The number of nitrogens with zero attached hydrogens (tertiary/aromatic N) is 2. The lowest BCUT2D eigenvalue weighted by molar-refractivity contribution is 0.0980. The zero-order valence-corrected chi connectivity index (χ0v) is 17.3. The Hall–Kier alpha value is -2.86. The van der Waals surface area contributed by atoms with Gasteiger partial charge in [-0.3, -0.25) is 9.59 Å². The summed E-state index contributed by atoms with van der Waals surface area (Å²) in [6.45, 7) is 9.23. The van der Waals surface area contributed by atoms with Crippen LogP contribution in [0.4, 0.5) is 17.1 Å². The number of benzene rings is 2. The molecule has 0 radical (unpaired) electrons. The fourth-order valence-electron chi connectivity index (χ4n) is 4.15. The number of likely N-dealkylation sites (N-methyl/N-ethyl adjacent to an activating group) is 2. The number of rotatable bonds is 6. The third kappa shape index (κ3) is 3.27. The SMILES string of the molecule is CCN(C)CCNc1cc2c(c3c1C(=O)c1ccccc1C3=O)NCCN2CC. The van der Waals surface area contributed by atoms with Crippen molar-refractivity contribution in [3.63, 3.8) is 0 Å². The molecule has 0 spiro atoms. The lowest BCUT2D eigenvalue weighted by Crippen LogP contribution is -2.36. The molecule has 1 heterocycles. The van der Waals surface area contributed by atoms with Crippen LogP contribution in [0.3, 0.4) is 0 Å². The van der Waals surface area contributed by atoms with Crippen molar-refractivity contribution in [2.45, 2.75) is 13.8 Å². The molecular weight excluding hydrogens is 364 g/mol. The van der Waals surface area contributed by atoms with Gasteiger partial charge in [0.15, 0.2) is 11.6 Å². The monoisotopic (exact) mass is 392 g/mol. The van der Waals surface area contributed by atoms with Gasteiger partial charge in [0.05, 0.1) is 22.5 Å². The molecule has 1 aliphatic carbocycles. The summed E-state index contributed by atoms with van der Waals surface area (Å²) in [7, 11) is 2.07. The Morgan fingerprint density at radius 1 is 1.10 bits per heavy atom. The zero-order chi connectivity index (χ0) is 20.5. The minimum Gasteiger partial charge on any atom is -0.383 e. The van der Waals surface area contributed by atoms with Crippen molar-refractivity contribution in [3.8, 4) is 0 Å². The Morgan fingerprint density at radius 2 is 1.79 bits per heavy atom. The minimum absolute atomic E-state index is 0.0776. The van der Waals surface area contributed by atoms with Gasteiger partial charge in [-0.2, -0.15) is 0 Å². The fraction of sp³-hybridized carbons (Fsp3) is 0.391. The van der Waals surface area contributed by atoms with Gasteiger partial charge in [0.2, 0.25) is 0 Å². The third-order valence-electron chi connectivity index (χ3n) is 5.93. The molecule has 4 rings (SSSR count). The highest BCUT2D eigenvalue weighted by atomic mass is 16.1. The molecule has 0 unspecified atom stereocenters. The topological polar surface area (TPSA) is 64.7 Å². The van der Waals surface area contributed by atoms with Crippen LogP contribution in [0.5, 0.6) is 0 Å². The average molecular weight is 393 g/mol. The quantitative estimate of drug-likeness (QED) is 0.672. The van der Waals surface area contributed by atoms with Crippen molar-refractivity contribution in [2.75, 3.05) is 61.8 Å². The van der Waals surface area contributed by atoms with Gasteiger partial charge in [-0.05, 0) is 26.6 Å². The number of fused-ring (bicyclic) bond motifs is 4. The molecule has 0 saturated heterocycles. The van der Waals surface area contributed by atoms with Crippen LogP contribution in [-0.2, 0) is 0 Å². The van der Waals surface area contributed by atoms with Gasteiger partial charge in [-0.15, -0.1) is 0 Å². The lowest BCUT2D eigenvalue weighted by atomic mass is 9.81. The van der Waals surface area contributed by atoms with Gasteiger partial charge in [0, 0.05) is 49.5 Å². The lowest BCUT2D eigenvalue weighted by Gasteiger charge is -2.35. The molecule has 2 aromatic carbocycles. The van der Waals surface area contributed by atoms with Crippen LogP contribution in [0.15, 0.2) is 30.3 Å². The second-order valence-electron chi connectivity index (χ2n) is 7.60. The first-order valence-corrected chi connectivity index (χ1v) is 10.4. The summed E-state index contributed by atoms with van der Waals surface area (Å²) >= 11 is 0. The van der Waals surface area contributed by atoms with E-state index in [1.54, 1.807) is 12.1 Å². The summed E-state index contributed by atoms with van der Waals surface area (Å²) in [5.41, 5.74) is 4.51. The molecule has 152 valence electrons. The van der Waals surface area contributed by atoms with E-state index in [1.165, 1.54) is 0 Å². The number of carbonyl (C=O) groups excluding carboxylic acids is 2. The van der Waals surface area contributed by atoms with E-state index in [0.29, 0.717) is 28.8 Å². The van der Waals surface area contributed by atoms with Crippen LogP contribution in [0.2, 0.25) is 0 Å². The van der Waals surface area contributed by atoms with Crippen molar-refractivity contribution < 1.29 is 9.59 Å². The molecule has 0 fully saturated rings. The minimum atomic E-state index is -0.0835. The normalized spacial score (nSPS) is 15.0. The zero-order valence-electron chi connectivity index (χ0n) is 17.3. The third-order valence-corrected chi connectivity index (χ3v) is 5.93. The molecule has 2 aromatic rings. The maximum atomic E-state index is 13.5. The van der Waals surface area contributed by atoms with Crippen LogP contribution < -0.4 is 15.5 Å². The highest BCUT2D eigenvalue weighted by Crippen LogP contribution is 2.43. The number of ketones is 2. The summed E-state index contributed by atoms with van der Waals surface area (Å²) < 4.78 is 0. The van der Waals surface area contributed by atoms with E-state index in [4.69, 9.17) is 0 Å². The maximum absolute atomic E-state index is 13.5. The van der Waals surface area contributed by atoms with E-state index in [9.17, 15) is 9.59 Å².